The van der Waals surface area contributed by atoms with Gasteiger partial charge in [0.1, 0.15) is 0 Å². The Hall–Kier alpha value is -0.840. The Bertz CT molecular complexity index is 393. The third-order valence-corrected chi connectivity index (χ3v) is 4.50. The van der Waals surface area contributed by atoms with Gasteiger partial charge in [-0.1, -0.05) is 13.8 Å². The van der Waals surface area contributed by atoms with Gasteiger partial charge in [0.2, 0.25) is 0 Å². The normalized spacial score (nSPS) is 19.0. The Kier molecular flexibility index (Phi) is 6.74. The molecule has 1 saturated heterocycles. The summed E-state index contributed by atoms with van der Waals surface area (Å²) in [5, 5.41) is 3.63. The van der Waals surface area contributed by atoms with Crippen LogP contribution < -0.4 is 5.32 Å². The summed E-state index contributed by atoms with van der Waals surface area (Å²) in [5.41, 5.74) is 1.43. The second-order valence-electron chi connectivity index (χ2n) is 6.24. The number of hydrogen-bond donors (Lipinski definition) is 1. The summed E-state index contributed by atoms with van der Waals surface area (Å²) in [4.78, 5) is 4.99. The van der Waals surface area contributed by atoms with E-state index >= 15 is 0 Å². The van der Waals surface area contributed by atoms with Crippen LogP contribution in [0.4, 0.5) is 0 Å². The van der Waals surface area contributed by atoms with Crippen LogP contribution in [0.2, 0.25) is 0 Å². The van der Waals surface area contributed by atoms with Crippen molar-refractivity contribution in [3.63, 3.8) is 0 Å². The van der Waals surface area contributed by atoms with Crippen LogP contribution in [0.3, 0.4) is 0 Å². The van der Waals surface area contributed by atoms with Gasteiger partial charge in [0, 0.05) is 57.7 Å². The van der Waals surface area contributed by atoms with Crippen molar-refractivity contribution in [1.82, 2.24) is 19.7 Å². The van der Waals surface area contributed by atoms with E-state index in [1.165, 1.54) is 44.7 Å². The molecule has 1 aliphatic rings. The van der Waals surface area contributed by atoms with Crippen molar-refractivity contribution in [3.05, 3.63) is 24.0 Å². The van der Waals surface area contributed by atoms with Crippen LogP contribution in [-0.4, -0.2) is 60.7 Å². The first-order chi connectivity index (χ1) is 10.2. The molecule has 1 fully saturated rings. The van der Waals surface area contributed by atoms with Crippen molar-refractivity contribution in [2.24, 2.45) is 0 Å². The molecule has 1 aromatic rings. The summed E-state index contributed by atoms with van der Waals surface area (Å²) in [6.45, 7) is 12.7. The lowest BCUT2D eigenvalue weighted by Crippen LogP contribution is -2.45. The van der Waals surface area contributed by atoms with Crippen molar-refractivity contribution >= 4 is 0 Å². The fraction of sp³-hybridized carbons (Fsp3) is 0.765. The SMILES string of the molecule is CCCNC(CC)c1ccn(CCN2CCN(C)CC2)c1. The smallest absolute Gasteiger partial charge is 0.0347 e. The summed E-state index contributed by atoms with van der Waals surface area (Å²) in [5.74, 6) is 0. The second-order valence-corrected chi connectivity index (χ2v) is 6.24. The molecule has 1 atom stereocenters. The summed E-state index contributed by atoms with van der Waals surface area (Å²) in [6, 6.07) is 2.79. The highest BCUT2D eigenvalue weighted by Gasteiger charge is 2.14. The van der Waals surface area contributed by atoms with Gasteiger partial charge in [0.25, 0.3) is 0 Å². The highest BCUT2D eigenvalue weighted by atomic mass is 15.2. The molecule has 0 spiro atoms. The molecule has 1 aliphatic heterocycles. The van der Waals surface area contributed by atoms with Crippen molar-refractivity contribution in [3.8, 4) is 0 Å². The minimum Gasteiger partial charge on any atom is -0.353 e. The number of piperazine rings is 1. The zero-order valence-corrected chi connectivity index (χ0v) is 14.0. The van der Waals surface area contributed by atoms with Gasteiger partial charge in [-0.15, -0.1) is 0 Å². The van der Waals surface area contributed by atoms with Crippen LogP contribution >= 0.6 is 0 Å². The summed E-state index contributed by atoms with van der Waals surface area (Å²) < 4.78 is 2.35. The van der Waals surface area contributed by atoms with Gasteiger partial charge in [-0.3, -0.25) is 4.90 Å². The van der Waals surface area contributed by atoms with Gasteiger partial charge < -0.3 is 14.8 Å². The molecule has 120 valence electrons. The molecule has 0 radical (unpaired) electrons. The maximum atomic E-state index is 3.63. The minimum atomic E-state index is 0.509. The van der Waals surface area contributed by atoms with Crippen LogP contribution in [0.15, 0.2) is 18.5 Å². The number of rotatable bonds is 8. The first kappa shape index (κ1) is 16.5. The maximum Gasteiger partial charge on any atom is 0.0347 e. The molecule has 21 heavy (non-hydrogen) atoms. The topological polar surface area (TPSA) is 23.4 Å². The first-order valence-corrected chi connectivity index (χ1v) is 8.53. The molecule has 0 aliphatic carbocycles. The third-order valence-electron chi connectivity index (χ3n) is 4.50. The minimum absolute atomic E-state index is 0.509. The van der Waals surface area contributed by atoms with E-state index in [1.54, 1.807) is 0 Å². The lowest BCUT2D eigenvalue weighted by molar-refractivity contribution is 0.150. The van der Waals surface area contributed by atoms with Crippen LogP contribution in [0.25, 0.3) is 0 Å². The standard InChI is InChI=1S/C17H32N4/c1-4-7-18-17(5-2)16-6-8-21(15-16)14-13-20-11-9-19(3)10-12-20/h6,8,15,17-18H,4-5,7,9-14H2,1-3H3. The molecular weight excluding hydrogens is 260 g/mol. The Labute approximate surface area is 130 Å². The third kappa shape index (κ3) is 5.13. The second kappa shape index (κ2) is 8.57. The van der Waals surface area contributed by atoms with Crippen molar-refractivity contribution in [1.29, 1.82) is 0 Å². The summed E-state index contributed by atoms with van der Waals surface area (Å²) in [7, 11) is 2.21. The predicted molar refractivity (Wildman–Crippen MR) is 89.7 cm³/mol. The van der Waals surface area contributed by atoms with E-state index in [1.807, 2.05) is 0 Å². The van der Waals surface area contributed by atoms with E-state index in [0.717, 1.165) is 19.5 Å². The number of hydrogen-bond acceptors (Lipinski definition) is 3. The molecule has 4 nitrogen and oxygen atoms in total. The van der Waals surface area contributed by atoms with Crippen molar-refractivity contribution in [2.45, 2.75) is 39.3 Å². The van der Waals surface area contributed by atoms with E-state index in [-0.39, 0.29) is 0 Å². The van der Waals surface area contributed by atoms with E-state index in [0.29, 0.717) is 6.04 Å². The lowest BCUT2D eigenvalue weighted by Gasteiger charge is -2.32. The molecule has 1 N–H and O–H groups in total. The Morgan fingerprint density at radius 2 is 1.90 bits per heavy atom. The fourth-order valence-corrected chi connectivity index (χ4v) is 2.95. The van der Waals surface area contributed by atoms with Gasteiger partial charge in [0.05, 0.1) is 0 Å². The van der Waals surface area contributed by atoms with E-state index in [2.05, 4.69) is 59.0 Å². The summed E-state index contributed by atoms with van der Waals surface area (Å²) >= 11 is 0. The van der Waals surface area contributed by atoms with Crippen LogP contribution in [-0.2, 0) is 6.54 Å². The summed E-state index contributed by atoms with van der Waals surface area (Å²) in [6.07, 6.45) is 6.91. The monoisotopic (exact) mass is 292 g/mol. The Morgan fingerprint density at radius 3 is 2.57 bits per heavy atom. The molecular formula is C17H32N4. The zero-order chi connectivity index (χ0) is 15.1. The Morgan fingerprint density at radius 1 is 1.14 bits per heavy atom. The van der Waals surface area contributed by atoms with Crippen molar-refractivity contribution < 1.29 is 0 Å². The highest BCUT2D eigenvalue weighted by molar-refractivity contribution is 5.15. The molecule has 2 heterocycles. The van der Waals surface area contributed by atoms with E-state index in [4.69, 9.17) is 0 Å². The van der Waals surface area contributed by atoms with E-state index in [9.17, 15) is 0 Å². The molecule has 2 rings (SSSR count). The lowest BCUT2D eigenvalue weighted by atomic mass is 10.1. The average Bonchev–Trinajstić information content (AvgIpc) is 2.96. The molecule has 0 amide bonds. The average molecular weight is 292 g/mol. The molecule has 1 aromatic heterocycles. The molecule has 1 unspecified atom stereocenters. The Balaban J connectivity index is 1.79. The molecule has 4 heteroatoms. The number of nitrogens with zero attached hydrogens (tertiary/aromatic N) is 3. The van der Waals surface area contributed by atoms with Gasteiger partial charge in [-0.25, -0.2) is 0 Å². The number of aromatic nitrogens is 1. The van der Waals surface area contributed by atoms with Crippen LogP contribution in [0.5, 0.6) is 0 Å². The first-order valence-electron chi connectivity index (χ1n) is 8.53. The molecule has 0 bridgehead atoms. The van der Waals surface area contributed by atoms with Gasteiger partial charge in [0.15, 0.2) is 0 Å². The van der Waals surface area contributed by atoms with Gasteiger partial charge >= 0.3 is 0 Å². The molecule has 0 aromatic carbocycles. The largest absolute Gasteiger partial charge is 0.353 e. The van der Waals surface area contributed by atoms with Crippen molar-refractivity contribution in [2.75, 3.05) is 46.3 Å². The van der Waals surface area contributed by atoms with Gasteiger partial charge in [-0.05, 0) is 38.1 Å². The maximum absolute atomic E-state index is 3.63. The molecule has 0 saturated carbocycles. The zero-order valence-electron chi connectivity index (χ0n) is 14.0. The van der Waals surface area contributed by atoms with Crippen LogP contribution in [0, 0.1) is 0 Å². The predicted octanol–water partition coefficient (Wildman–Crippen LogP) is 2.19. The van der Waals surface area contributed by atoms with Crippen LogP contribution in [0.1, 0.15) is 38.3 Å². The number of nitrogens with one attached hydrogen (secondary N) is 1. The fourth-order valence-electron chi connectivity index (χ4n) is 2.95. The van der Waals surface area contributed by atoms with Gasteiger partial charge in [-0.2, -0.15) is 0 Å². The number of likely N-dealkylation sites (N-methyl/N-ethyl adjacent to an activating group) is 1. The quantitative estimate of drug-likeness (QED) is 0.794. The van der Waals surface area contributed by atoms with E-state index < -0.39 is 0 Å². The highest BCUT2D eigenvalue weighted by Crippen LogP contribution is 2.17.